The van der Waals surface area contributed by atoms with E-state index in [0.29, 0.717) is 20.9 Å². The van der Waals surface area contributed by atoms with Gasteiger partial charge >= 0.3 is 7.12 Å². The molecule has 72 valence electrons. The molecular weight excluding hydrogens is 220 g/mol. The maximum atomic E-state index is 9.12. The van der Waals surface area contributed by atoms with Gasteiger partial charge in [-0.1, -0.05) is 11.6 Å². The maximum absolute atomic E-state index is 9.12. The van der Waals surface area contributed by atoms with Crippen LogP contribution in [0.2, 0.25) is 5.02 Å². The number of hydrogen-bond donors (Lipinski definition) is 3. The fraction of sp³-hybridized carbons (Fsp3) is 0. The molecule has 0 radical (unpaired) electrons. The van der Waals surface area contributed by atoms with Gasteiger partial charge in [0.15, 0.2) is 0 Å². The summed E-state index contributed by atoms with van der Waals surface area (Å²) < 4.78 is 0.898. The lowest BCUT2D eigenvalue weighted by Gasteiger charge is -1.98. The highest BCUT2D eigenvalue weighted by Gasteiger charge is 2.20. The molecule has 0 atom stereocenters. The second-order valence-electron chi connectivity index (χ2n) is 2.89. The van der Waals surface area contributed by atoms with E-state index < -0.39 is 7.12 Å². The Morgan fingerprint density at radius 2 is 2.07 bits per heavy atom. The van der Waals surface area contributed by atoms with E-state index in [4.69, 9.17) is 27.4 Å². The third kappa shape index (κ3) is 1.48. The zero-order chi connectivity index (χ0) is 10.3. The molecule has 1 aromatic heterocycles. The number of nitrogens with two attached hydrogens (primary N) is 1. The van der Waals surface area contributed by atoms with Gasteiger partial charge in [-0.05, 0) is 23.6 Å². The van der Waals surface area contributed by atoms with Crippen LogP contribution in [-0.2, 0) is 0 Å². The smallest absolute Gasteiger partial charge is 0.423 e. The number of hydrogen-bond acceptors (Lipinski definition) is 4. The van der Waals surface area contributed by atoms with Crippen molar-refractivity contribution in [1.29, 1.82) is 0 Å². The first-order chi connectivity index (χ1) is 6.59. The summed E-state index contributed by atoms with van der Waals surface area (Å²) in [6.45, 7) is 0. The zero-order valence-electron chi connectivity index (χ0n) is 7.07. The minimum absolute atomic E-state index is 0.340. The Balaban J connectivity index is 2.79. The van der Waals surface area contributed by atoms with Gasteiger partial charge in [0.25, 0.3) is 0 Å². The Morgan fingerprint density at radius 3 is 2.71 bits per heavy atom. The van der Waals surface area contributed by atoms with Gasteiger partial charge in [-0.15, -0.1) is 11.3 Å². The first kappa shape index (κ1) is 9.80. The van der Waals surface area contributed by atoms with E-state index in [1.54, 1.807) is 12.1 Å². The van der Waals surface area contributed by atoms with Gasteiger partial charge in [-0.25, -0.2) is 0 Å². The molecule has 0 bridgehead atoms. The first-order valence-corrected chi connectivity index (χ1v) is 5.12. The summed E-state index contributed by atoms with van der Waals surface area (Å²) in [7, 11) is -1.55. The van der Waals surface area contributed by atoms with Gasteiger partial charge < -0.3 is 15.8 Å². The summed E-state index contributed by atoms with van der Waals surface area (Å²) >= 11 is 7.12. The quantitative estimate of drug-likeness (QED) is 0.632. The average molecular weight is 227 g/mol. The number of benzene rings is 1. The molecule has 3 nitrogen and oxygen atoms in total. The molecule has 2 aromatic rings. The first-order valence-electron chi connectivity index (χ1n) is 3.93. The van der Waals surface area contributed by atoms with E-state index in [2.05, 4.69) is 0 Å². The Hall–Kier alpha value is -0.745. The molecule has 0 saturated heterocycles. The molecule has 0 amide bonds. The van der Waals surface area contributed by atoms with Crippen LogP contribution in [0.1, 0.15) is 0 Å². The summed E-state index contributed by atoms with van der Waals surface area (Å²) in [5, 5.41) is 19.9. The van der Waals surface area contributed by atoms with Crippen LogP contribution < -0.4 is 11.2 Å². The summed E-state index contributed by atoms with van der Waals surface area (Å²) in [4.78, 5) is 0. The molecule has 0 aliphatic heterocycles. The molecule has 1 aromatic carbocycles. The number of anilines is 1. The van der Waals surface area contributed by atoms with Crippen molar-refractivity contribution in [2.45, 2.75) is 0 Å². The van der Waals surface area contributed by atoms with Crippen LogP contribution in [0.25, 0.3) is 10.1 Å². The van der Waals surface area contributed by atoms with E-state index in [9.17, 15) is 0 Å². The summed E-state index contributed by atoms with van der Waals surface area (Å²) in [6.07, 6.45) is 0. The Bertz CT molecular complexity index is 485. The predicted molar refractivity (Wildman–Crippen MR) is 61.1 cm³/mol. The minimum atomic E-state index is -1.55. The van der Waals surface area contributed by atoms with Gasteiger partial charge in [0.05, 0.1) is 5.00 Å². The van der Waals surface area contributed by atoms with Gasteiger partial charge in [0, 0.05) is 15.2 Å². The molecule has 0 aliphatic rings. The number of nitrogen functional groups attached to an aromatic ring is 1. The van der Waals surface area contributed by atoms with Crippen molar-refractivity contribution in [3.8, 4) is 0 Å². The van der Waals surface area contributed by atoms with Gasteiger partial charge in [-0.2, -0.15) is 0 Å². The summed E-state index contributed by atoms with van der Waals surface area (Å²) in [6, 6.07) is 5.23. The molecule has 0 fully saturated rings. The van der Waals surface area contributed by atoms with Crippen LogP contribution in [-0.4, -0.2) is 17.2 Å². The van der Waals surface area contributed by atoms with Crippen molar-refractivity contribution >= 4 is 50.6 Å². The second kappa shape index (κ2) is 3.44. The lowest BCUT2D eigenvalue weighted by Crippen LogP contribution is -2.31. The molecule has 0 aliphatic carbocycles. The normalized spacial score (nSPS) is 10.8. The van der Waals surface area contributed by atoms with Gasteiger partial charge in [0.1, 0.15) is 0 Å². The van der Waals surface area contributed by atoms with Crippen LogP contribution in [0.5, 0.6) is 0 Å². The lowest BCUT2D eigenvalue weighted by atomic mass is 9.79. The van der Waals surface area contributed by atoms with E-state index >= 15 is 0 Å². The van der Waals surface area contributed by atoms with Crippen molar-refractivity contribution in [3.63, 3.8) is 0 Å². The fourth-order valence-corrected chi connectivity index (χ4v) is 2.52. The Kier molecular flexibility index (Phi) is 2.40. The lowest BCUT2D eigenvalue weighted by molar-refractivity contribution is 0.426. The monoisotopic (exact) mass is 227 g/mol. The third-order valence-corrected chi connectivity index (χ3v) is 3.23. The largest absolute Gasteiger partial charge is 0.492 e. The minimum Gasteiger partial charge on any atom is -0.423 e. The van der Waals surface area contributed by atoms with Crippen molar-refractivity contribution in [2.75, 3.05) is 5.73 Å². The molecule has 0 spiro atoms. The maximum Gasteiger partial charge on any atom is 0.492 e. The summed E-state index contributed by atoms with van der Waals surface area (Å²) in [5.74, 6) is 0. The number of rotatable bonds is 1. The fourth-order valence-electron chi connectivity index (χ4n) is 1.37. The van der Waals surface area contributed by atoms with E-state index in [1.165, 1.54) is 11.3 Å². The van der Waals surface area contributed by atoms with E-state index in [-0.39, 0.29) is 0 Å². The molecule has 2 rings (SSSR count). The Morgan fingerprint density at radius 1 is 1.36 bits per heavy atom. The SMILES string of the molecule is Nc1sc2ccc(Cl)cc2c1B(O)O. The molecule has 4 N–H and O–H groups in total. The number of fused-ring (bicyclic) bond motifs is 1. The molecule has 1 heterocycles. The van der Waals surface area contributed by atoms with Crippen LogP contribution in [0.4, 0.5) is 5.00 Å². The highest BCUT2D eigenvalue weighted by molar-refractivity contribution is 7.24. The van der Waals surface area contributed by atoms with E-state index in [1.807, 2.05) is 6.07 Å². The average Bonchev–Trinajstić information content (AvgIpc) is 2.40. The topological polar surface area (TPSA) is 66.5 Å². The van der Waals surface area contributed by atoms with Gasteiger partial charge in [0.2, 0.25) is 0 Å². The highest BCUT2D eigenvalue weighted by Crippen LogP contribution is 2.27. The number of thiophene rings is 1. The predicted octanol–water partition coefficient (Wildman–Crippen LogP) is 0.817. The molecule has 6 heteroatoms. The van der Waals surface area contributed by atoms with Crippen molar-refractivity contribution in [1.82, 2.24) is 0 Å². The zero-order valence-corrected chi connectivity index (χ0v) is 8.64. The van der Waals surface area contributed by atoms with Crippen LogP contribution in [0, 0.1) is 0 Å². The van der Waals surface area contributed by atoms with Crippen molar-refractivity contribution in [2.24, 2.45) is 0 Å². The molecule has 0 unspecified atom stereocenters. The Labute approximate surface area is 89.9 Å². The summed E-state index contributed by atoms with van der Waals surface area (Å²) in [5.41, 5.74) is 6.00. The number of halogens is 1. The van der Waals surface area contributed by atoms with Crippen LogP contribution >= 0.6 is 22.9 Å². The highest BCUT2D eigenvalue weighted by atomic mass is 35.5. The second-order valence-corrected chi connectivity index (χ2v) is 4.41. The van der Waals surface area contributed by atoms with Crippen LogP contribution in [0.3, 0.4) is 0 Å². The van der Waals surface area contributed by atoms with E-state index in [0.717, 1.165) is 4.70 Å². The van der Waals surface area contributed by atoms with Gasteiger partial charge in [-0.3, -0.25) is 0 Å². The van der Waals surface area contributed by atoms with Crippen molar-refractivity contribution < 1.29 is 10.0 Å². The molecular formula is C8H7BClNO2S. The molecule has 0 saturated carbocycles. The third-order valence-electron chi connectivity index (χ3n) is 1.98. The van der Waals surface area contributed by atoms with Crippen molar-refractivity contribution in [3.05, 3.63) is 23.2 Å². The molecule has 14 heavy (non-hydrogen) atoms. The van der Waals surface area contributed by atoms with Crippen LogP contribution in [0.15, 0.2) is 18.2 Å². The standard InChI is InChI=1S/C8H7BClNO2S/c10-4-1-2-6-5(3-4)7(9(12)13)8(11)14-6/h1-3,12-13H,11H2.